The molecule has 0 amide bonds. The summed E-state index contributed by atoms with van der Waals surface area (Å²) in [6.07, 6.45) is 5.80. The van der Waals surface area contributed by atoms with Crippen LogP contribution in [-0.4, -0.2) is 18.9 Å². The van der Waals surface area contributed by atoms with Gasteiger partial charge in [-0.2, -0.15) is 0 Å². The van der Waals surface area contributed by atoms with Crippen LogP contribution in [0.15, 0.2) is 12.2 Å². The summed E-state index contributed by atoms with van der Waals surface area (Å²) in [4.78, 5) is 21.5. The Hall–Kier alpha value is -1.12. The Morgan fingerprint density at radius 1 is 1.43 bits per heavy atom. The molecular formula is C11H18O3. The Labute approximate surface area is 85.1 Å². The van der Waals surface area contributed by atoms with Gasteiger partial charge in [0.1, 0.15) is 5.78 Å². The number of hydrogen-bond donors (Lipinski definition) is 0. The lowest BCUT2D eigenvalue weighted by atomic mass is 10.0. The molecule has 0 spiro atoms. The van der Waals surface area contributed by atoms with Crippen LogP contribution in [0.25, 0.3) is 0 Å². The summed E-state index contributed by atoms with van der Waals surface area (Å²) >= 11 is 0. The fraction of sp³-hybridized carbons (Fsp3) is 0.636. The first-order chi connectivity index (χ1) is 6.57. The van der Waals surface area contributed by atoms with Crippen molar-refractivity contribution in [3.8, 4) is 0 Å². The van der Waals surface area contributed by atoms with E-state index in [0.717, 1.165) is 19.3 Å². The molecule has 0 aliphatic heterocycles. The molecular weight excluding hydrogens is 180 g/mol. The molecule has 80 valence electrons. The fourth-order valence-electron chi connectivity index (χ4n) is 0.993. The highest BCUT2D eigenvalue weighted by atomic mass is 16.5. The second-order valence-corrected chi connectivity index (χ2v) is 3.37. The molecule has 1 unspecified atom stereocenters. The van der Waals surface area contributed by atoms with Crippen molar-refractivity contribution in [2.24, 2.45) is 5.92 Å². The number of hydrogen-bond acceptors (Lipinski definition) is 3. The van der Waals surface area contributed by atoms with Crippen molar-refractivity contribution >= 4 is 11.8 Å². The number of ketones is 1. The zero-order valence-electron chi connectivity index (χ0n) is 9.08. The Morgan fingerprint density at radius 2 is 2.07 bits per heavy atom. The van der Waals surface area contributed by atoms with Gasteiger partial charge in [-0.15, -0.1) is 0 Å². The number of carbonyl (C=O) groups is 2. The molecule has 0 aromatic carbocycles. The van der Waals surface area contributed by atoms with Gasteiger partial charge < -0.3 is 4.74 Å². The van der Waals surface area contributed by atoms with Crippen LogP contribution in [0.5, 0.6) is 0 Å². The summed E-state index contributed by atoms with van der Waals surface area (Å²) in [5, 5.41) is 0. The van der Waals surface area contributed by atoms with Gasteiger partial charge in [-0.05, 0) is 26.2 Å². The number of rotatable bonds is 6. The van der Waals surface area contributed by atoms with Crippen molar-refractivity contribution in [2.75, 3.05) is 7.11 Å². The maximum atomic E-state index is 10.9. The molecule has 14 heavy (non-hydrogen) atoms. The van der Waals surface area contributed by atoms with Gasteiger partial charge in [0.15, 0.2) is 0 Å². The van der Waals surface area contributed by atoms with Crippen molar-refractivity contribution in [1.82, 2.24) is 0 Å². The Morgan fingerprint density at radius 3 is 2.57 bits per heavy atom. The van der Waals surface area contributed by atoms with E-state index in [1.165, 1.54) is 13.2 Å². The Kier molecular flexibility index (Phi) is 6.72. The van der Waals surface area contributed by atoms with Crippen LogP contribution in [0, 0.1) is 5.92 Å². The van der Waals surface area contributed by atoms with Crippen LogP contribution in [0.1, 0.15) is 33.1 Å². The normalized spacial score (nSPS) is 12.8. The third kappa shape index (κ3) is 6.40. The summed E-state index contributed by atoms with van der Waals surface area (Å²) in [6.45, 7) is 3.53. The van der Waals surface area contributed by atoms with Crippen molar-refractivity contribution in [3.63, 3.8) is 0 Å². The van der Waals surface area contributed by atoms with Crippen molar-refractivity contribution in [1.29, 1.82) is 0 Å². The van der Waals surface area contributed by atoms with E-state index in [0.29, 0.717) is 0 Å². The molecule has 0 radical (unpaired) electrons. The van der Waals surface area contributed by atoms with E-state index >= 15 is 0 Å². The number of unbranched alkanes of at least 4 members (excludes halogenated alkanes) is 1. The molecule has 3 heteroatoms. The van der Waals surface area contributed by atoms with Crippen molar-refractivity contribution in [3.05, 3.63) is 12.2 Å². The fourth-order valence-corrected chi connectivity index (χ4v) is 0.993. The number of Topliss-reactive ketones (excluding diaryl/α,β-unsaturated/α-hetero) is 1. The quantitative estimate of drug-likeness (QED) is 0.373. The van der Waals surface area contributed by atoms with E-state index in [2.05, 4.69) is 4.74 Å². The van der Waals surface area contributed by atoms with Gasteiger partial charge in [-0.25, -0.2) is 4.79 Å². The van der Waals surface area contributed by atoms with Crippen LogP contribution in [-0.2, 0) is 14.3 Å². The van der Waals surface area contributed by atoms with Gasteiger partial charge in [0.25, 0.3) is 0 Å². The third-order valence-electron chi connectivity index (χ3n) is 2.16. The smallest absolute Gasteiger partial charge is 0.330 e. The number of allylic oxidation sites excluding steroid dienone is 1. The molecule has 3 nitrogen and oxygen atoms in total. The first-order valence-corrected chi connectivity index (χ1v) is 4.83. The molecule has 1 atom stereocenters. The molecule has 0 heterocycles. The van der Waals surface area contributed by atoms with Crippen LogP contribution in [0.3, 0.4) is 0 Å². The van der Waals surface area contributed by atoms with Crippen molar-refractivity contribution in [2.45, 2.75) is 33.1 Å². The molecule has 0 fully saturated rings. The first kappa shape index (κ1) is 12.9. The highest BCUT2D eigenvalue weighted by Crippen LogP contribution is 2.08. The van der Waals surface area contributed by atoms with E-state index in [1.807, 2.05) is 6.92 Å². The lowest BCUT2D eigenvalue weighted by Crippen LogP contribution is -2.05. The van der Waals surface area contributed by atoms with Crippen molar-refractivity contribution < 1.29 is 14.3 Å². The summed E-state index contributed by atoms with van der Waals surface area (Å²) in [6, 6.07) is 0. The van der Waals surface area contributed by atoms with E-state index in [1.54, 1.807) is 13.0 Å². The summed E-state index contributed by atoms with van der Waals surface area (Å²) in [5.41, 5.74) is 0. The summed E-state index contributed by atoms with van der Waals surface area (Å²) in [5.74, 6) is 0.0214. The first-order valence-electron chi connectivity index (χ1n) is 4.83. The summed E-state index contributed by atoms with van der Waals surface area (Å²) < 4.78 is 4.44. The summed E-state index contributed by atoms with van der Waals surface area (Å²) in [7, 11) is 1.35. The second-order valence-electron chi connectivity index (χ2n) is 3.37. The molecule has 0 rings (SSSR count). The van der Waals surface area contributed by atoms with Crippen LogP contribution < -0.4 is 0 Å². The largest absolute Gasteiger partial charge is 0.466 e. The number of ether oxygens (including phenoxy) is 1. The standard InChI is InChI=1S/C11H18O3/c1-9(10(2)12)7-5-4-6-8-11(13)14-3/h6,8-9H,4-5,7H2,1-3H3/b8-6+. The predicted octanol–water partition coefficient (Wildman–Crippen LogP) is 2.11. The van der Waals surface area contributed by atoms with Gasteiger partial charge in [-0.3, -0.25) is 4.79 Å². The molecule has 0 saturated heterocycles. The zero-order chi connectivity index (χ0) is 11.0. The maximum absolute atomic E-state index is 10.9. The van der Waals surface area contributed by atoms with E-state index < -0.39 is 0 Å². The van der Waals surface area contributed by atoms with Crippen LogP contribution >= 0.6 is 0 Å². The number of methoxy groups -OCH3 is 1. The topological polar surface area (TPSA) is 43.4 Å². The molecule has 0 aliphatic rings. The van der Waals surface area contributed by atoms with E-state index in [9.17, 15) is 9.59 Å². The third-order valence-corrected chi connectivity index (χ3v) is 2.16. The minimum absolute atomic E-state index is 0.126. The lowest BCUT2D eigenvalue weighted by molar-refractivity contribution is -0.134. The minimum atomic E-state index is -0.329. The number of esters is 1. The second kappa shape index (κ2) is 7.30. The predicted molar refractivity (Wildman–Crippen MR) is 54.9 cm³/mol. The molecule has 0 aromatic rings. The highest BCUT2D eigenvalue weighted by Gasteiger charge is 2.05. The van der Waals surface area contributed by atoms with E-state index in [4.69, 9.17) is 0 Å². The van der Waals surface area contributed by atoms with Crippen LogP contribution in [0.4, 0.5) is 0 Å². The van der Waals surface area contributed by atoms with Gasteiger partial charge in [-0.1, -0.05) is 13.0 Å². The molecule has 0 saturated carbocycles. The van der Waals surface area contributed by atoms with E-state index in [-0.39, 0.29) is 17.7 Å². The highest BCUT2D eigenvalue weighted by molar-refractivity contribution is 5.81. The minimum Gasteiger partial charge on any atom is -0.466 e. The number of carbonyl (C=O) groups excluding carboxylic acids is 2. The van der Waals surface area contributed by atoms with Gasteiger partial charge >= 0.3 is 5.97 Å². The maximum Gasteiger partial charge on any atom is 0.330 e. The van der Waals surface area contributed by atoms with Crippen LogP contribution in [0.2, 0.25) is 0 Å². The Balaban J connectivity index is 3.51. The molecule has 0 aliphatic carbocycles. The average Bonchev–Trinajstić information content (AvgIpc) is 2.16. The van der Waals surface area contributed by atoms with Gasteiger partial charge in [0.05, 0.1) is 7.11 Å². The van der Waals surface area contributed by atoms with Gasteiger partial charge in [0, 0.05) is 12.0 Å². The van der Waals surface area contributed by atoms with Gasteiger partial charge in [0.2, 0.25) is 0 Å². The average molecular weight is 198 g/mol. The lowest BCUT2D eigenvalue weighted by Gasteiger charge is -2.04. The molecule has 0 bridgehead atoms. The molecule has 0 N–H and O–H groups in total. The monoisotopic (exact) mass is 198 g/mol. The Bertz CT molecular complexity index is 219. The molecule has 0 aromatic heterocycles. The SMILES string of the molecule is COC(=O)/C=C/CCCC(C)C(C)=O. The zero-order valence-corrected chi connectivity index (χ0v) is 9.08.